The number of carboxylic acid groups (broad SMARTS) is 1. The maximum Gasteiger partial charge on any atom is 0.410 e. The van der Waals surface area contributed by atoms with Gasteiger partial charge in [-0.15, -0.1) is 0 Å². The summed E-state index contributed by atoms with van der Waals surface area (Å²) in [5.41, 5.74) is 0.738. The number of benzene rings is 2. The number of hydrogen-bond acceptors (Lipinski definition) is 5. The predicted octanol–water partition coefficient (Wildman–Crippen LogP) is 4.57. The number of amides is 1. The van der Waals surface area contributed by atoms with Crippen LogP contribution in [0, 0.1) is 0 Å². The van der Waals surface area contributed by atoms with Gasteiger partial charge in [0, 0.05) is 23.0 Å². The Labute approximate surface area is 195 Å². The second-order valence-electron chi connectivity index (χ2n) is 8.62. The van der Waals surface area contributed by atoms with E-state index in [0.29, 0.717) is 22.9 Å². The topological polar surface area (TPSA) is 120 Å². The summed E-state index contributed by atoms with van der Waals surface area (Å²) in [5, 5.41) is 20.1. The van der Waals surface area contributed by atoms with Crippen LogP contribution in [0.3, 0.4) is 0 Å². The number of phenols is 1. The average molecular weight is 473 g/mol. The van der Waals surface area contributed by atoms with Gasteiger partial charge in [0.15, 0.2) is 0 Å². The highest BCUT2D eigenvalue weighted by molar-refractivity contribution is 6.31. The van der Waals surface area contributed by atoms with Crippen LogP contribution in [-0.2, 0) is 17.7 Å². The molecule has 9 heteroatoms. The minimum absolute atomic E-state index is 0.0410. The zero-order chi connectivity index (χ0) is 24.3. The number of pyridine rings is 1. The van der Waals surface area contributed by atoms with E-state index in [9.17, 15) is 19.5 Å². The lowest BCUT2D eigenvalue weighted by Crippen LogP contribution is -2.37. The number of carbonyl (C=O) groups is 2. The van der Waals surface area contributed by atoms with Crippen LogP contribution in [-0.4, -0.2) is 44.3 Å². The molecule has 3 N–H and O–H groups in total. The van der Waals surface area contributed by atoms with Crippen molar-refractivity contribution < 1.29 is 24.5 Å². The minimum atomic E-state index is -1.09. The van der Waals surface area contributed by atoms with Crippen molar-refractivity contribution in [3.63, 3.8) is 0 Å². The SMILES string of the molecule is CC(C)(C)OC(=O)N(CCc1ccc(O)c2[nH]c(=O)ccc12)Cc1ccc(C(=O)O)cc1Cl. The summed E-state index contributed by atoms with van der Waals surface area (Å²) in [6.45, 7) is 5.66. The fraction of sp³-hybridized carbons (Fsp3) is 0.292. The summed E-state index contributed by atoms with van der Waals surface area (Å²) in [7, 11) is 0. The lowest BCUT2D eigenvalue weighted by atomic mass is 10.0. The third-order valence-electron chi connectivity index (χ3n) is 4.93. The highest BCUT2D eigenvalue weighted by atomic mass is 35.5. The van der Waals surface area contributed by atoms with E-state index < -0.39 is 17.7 Å². The number of nitrogens with zero attached hydrogens (tertiary/aromatic N) is 1. The fourth-order valence-electron chi connectivity index (χ4n) is 3.35. The van der Waals surface area contributed by atoms with Gasteiger partial charge in [0.1, 0.15) is 11.4 Å². The molecule has 0 saturated carbocycles. The van der Waals surface area contributed by atoms with Gasteiger partial charge < -0.3 is 24.8 Å². The van der Waals surface area contributed by atoms with Crippen LogP contribution in [0.1, 0.15) is 42.3 Å². The van der Waals surface area contributed by atoms with E-state index in [0.717, 1.165) is 5.56 Å². The van der Waals surface area contributed by atoms with Gasteiger partial charge >= 0.3 is 12.1 Å². The van der Waals surface area contributed by atoms with Gasteiger partial charge in [-0.1, -0.05) is 23.7 Å². The second-order valence-corrected chi connectivity index (χ2v) is 9.03. The molecule has 0 atom stereocenters. The Morgan fingerprint density at radius 2 is 1.79 bits per heavy atom. The number of hydrogen-bond donors (Lipinski definition) is 3. The zero-order valence-electron chi connectivity index (χ0n) is 18.5. The van der Waals surface area contributed by atoms with Gasteiger partial charge in [-0.25, -0.2) is 9.59 Å². The van der Waals surface area contributed by atoms with Gasteiger partial charge in [-0.3, -0.25) is 4.79 Å². The number of aromatic nitrogens is 1. The number of aromatic hydroxyl groups is 1. The van der Waals surface area contributed by atoms with Crippen molar-refractivity contribution in [3.8, 4) is 5.75 Å². The van der Waals surface area contributed by atoms with E-state index in [4.69, 9.17) is 21.4 Å². The van der Waals surface area contributed by atoms with E-state index in [1.54, 1.807) is 39.0 Å². The van der Waals surface area contributed by atoms with Crippen molar-refractivity contribution in [3.05, 3.63) is 74.5 Å². The summed E-state index contributed by atoms with van der Waals surface area (Å²) < 4.78 is 5.55. The van der Waals surface area contributed by atoms with Crippen LogP contribution in [0.2, 0.25) is 5.02 Å². The second kappa shape index (κ2) is 9.54. The molecule has 0 aliphatic rings. The van der Waals surface area contributed by atoms with Gasteiger partial charge in [0.05, 0.1) is 17.6 Å². The number of nitrogens with one attached hydrogen (secondary N) is 1. The van der Waals surface area contributed by atoms with Crippen LogP contribution < -0.4 is 5.56 Å². The maximum atomic E-state index is 12.9. The Morgan fingerprint density at radius 3 is 2.42 bits per heavy atom. The molecule has 0 unspecified atom stereocenters. The Hall–Kier alpha value is -3.52. The van der Waals surface area contributed by atoms with Crippen molar-refractivity contribution in [2.75, 3.05) is 6.54 Å². The number of halogens is 1. The number of carbonyl (C=O) groups excluding carboxylic acids is 1. The standard InChI is InChI=1S/C24H25ClN2O6/c1-24(2,3)33-23(32)27(13-16-5-4-15(22(30)31)12-18(16)25)11-10-14-6-8-19(28)21-17(14)7-9-20(29)26-21/h4-9,12,28H,10-11,13H2,1-3H3,(H,26,29)(H,30,31). The highest BCUT2D eigenvalue weighted by Gasteiger charge is 2.23. The van der Waals surface area contributed by atoms with Crippen LogP contribution in [0.5, 0.6) is 5.75 Å². The molecule has 8 nitrogen and oxygen atoms in total. The van der Waals surface area contributed by atoms with Crippen LogP contribution in [0.15, 0.2) is 47.3 Å². The maximum absolute atomic E-state index is 12.9. The molecule has 0 aliphatic carbocycles. The van der Waals surface area contributed by atoms with E-state index in [1.807, 2.05) is 0 Å². The van der Waals surface area contributed by atoms with Crippen LogP contribution in [0.25, 0.3) is 10.9 Å². The van der Waals surface area contributed by atoms with E-state index >= 15 is 0 Å². The largest absolute Gasteiger partial charge is 0.506 e. The fourth-order valence-corrected chi connectivity index (χ4v) is 3.59. The van der Waals surface area contributed by atoms with E-state index in [1.165, 1.54) is 29.2 Å². The van der Waals surface area contributed by atoms with Crippen molar-refractivity contribution in [1.29, 1.82) is 0 Å². The molecule has 0 radical (unpaired) electrons. The quantitative estimate of drug-likeness (QED) is 0.483. The lowest BCUT2D eigenvalue weighted by molar-refractivity contribution is 0.0235. The number of phenolic OH excluding ortho intramolecular Hbond substituents is 1. The Balaban J connectivity index is 1.89. The molecule has 0 fully saturated rings. The summed E-state index contributed by atoms with van der Waals surface area (Å²) in [6.07, 6.45) is -0.134. The average Bonchev–Trinajstić information content (AvgIpc) is 2.72. The normalized spacial score (nSPS) is 11.4. The molecule has 174 valence electrons. The van der Waals surface area contributed by atoms with Crippen molar-refractivity contribution in [2.45, 2.75) is 39.3 Å². The van der Waals surface area contributed by atoms with Crippen LogP contribution >= 0.6 is 11.6 Å². The summed E-state index contributed by atoms with van der Waals surface area (Å²) >= 11 is 6.28. The molecular formula is C24H25ClN2O6. The molecule has 0 saturated heterocycles. The third kappa shape index (κ3) is 6.04. The Bertz CT molecular complexity index is 1260. The number of aromatic carboxylic acids is 1. The van der Waals surface area contributed by atoms with Gasteiger partial charge in [0.25, 0.3) is 0 Å². The predicted molar refractivity (Wildman–Crippen MR) is 125 cm³/mol. The molecule has 1 heterocycles. The number of ether oxygens (including phenoxy) is 1. The highest BCUT2D eigenvalue weighted by Crippen LogP contribution is 2.26. The molecule has 1 amide bonds. The summed E-state index contributed by atoms with van der Waals surface area (Å²) in [5.74, 6) is -1.13. The number of H-pyrrole nitrogens is 1. The van der Waals surface area contributed by atoms with Crippen LogP contribution in [0.4, 0.5) is 4.79 Å². The number of carboxylic acids is 1. The number of fused-ring (bicyclic) bond motifs is 1. The smallest absolute Gasteiger partial charge is 0.410 e. The van der Waals surface area contributed by atoms with Gasteiger partial charge in [0.2, 0.25) is 5.56 Å². The third-order valence-corrected chi connectivity index (χ3v) is 5.28. The van der Waals surface area contributed by atoms with Gasteiger partial charge in [-0.2, -0.15) is 0 Å². The molecule has 2 aromatic carbocycles. The summed E-state index contributed by atoms with van der Waals surface area (Å²) in [6, 6.07) is 10.6. The molecule has 3 rings (SSSR count). The monoisotopic (exact) mass is 472 g/mol. The first-order chi connectivity index (χ1) is 15.4. The molecular weight excluding hydrogens is 448 g/mol. The van der Waals surface area contributed by atoms with Crippen molar-refractivity contribution in [2.24, 2.45) is 0 Å². The van der Waals surface area contributed by atoms with E-state index in [2.05, 4.69) is 4.98 Å². The molecule has 0 spiro atoms. The minimum Gasteiger partial charge on any atom is -0.506 e. The molecule has 3 aromatic rings. The Kier molecular flexibility index (Phi) is 6.98. The molecule has 1 aromatic heterocycles. The first-order valence-corrected chi connectivity index (χ1v) is 10.7. The zero-order valence-corrected chi connectivity index (χ0v) is 19.3. The molecule has 0 aliphatic heterocycles. The lowest BCUT2D eigenvalue weighted by Gasteiger charge is -2.28. The Morgan fingerprint density at radius 1 is 1.09 bits per heavy atom. The first kappa shape index (κ1) is 24.1. The van der Waals surface area contributed by atoms with E-state index in [-0.39, 0.29) is 35.0 Å². The van der Waals surface area contributed by atoms with Crippen molar-refractivity contribution >= 4 is 34.6 Å². The van der Waals surface area contributed by atoms with Crippen molar-refractivity contribution in [1.82, 2.24) is 9.88 Å². The molecule has 0 bridgehead atoms. The van der Waals surface area contributed by atoms with Gasteiger partial charge in [-0.05, 0) is 62.6 Å². The first-order valence-electron chi connectivity index (χ1n) is 10.3. The number of rotatable bonds is 6. The summed E-state index contributed by atoms with van der Waals surface area (Å²) in [4.78, 5) is 39.9. The number of aromatic amines is 1. The molecule has 33 heavy (non-hydrogen) atoms.